The first-order valence-electron chi connectivity index (χ1n) is 5.19. The highest BCUT2D eigenvalue weighted by atomic mass is 19.1. The molecule has 2 nitrogen and oxygen atoms in total. The maximum absolute atomic E-state index is 12.7. The predicted octanol–water partition coefficient (Wildman–Crippen LogP) is 2.72. The number of hydrogen-bond acceptors (Lipinski definition) is 2. The Kier molecular flexibility index (Phi) is 3.30. The lowest BCUT2D eigenvalue weighted by Gasteiger charge is -2.11. The Hall–Kier alpha value is -2.00. The average Bonchev–Trinajstić information content (AvgIpc) is 2.39. The molecule has 0 aromatic heterocycles. The van der Waals surface area contributed by atoms with Gasteiger partial charge in [0.05, 0.1) is 0 Å². The Morgan fingerprint density at radius 2 is 1.41 bits per heavy atom. The van der Waals surface area contributed by atoms with E-state index < -0.39 is 6.10 Å². The third-order valence-electron chi connectivity index (χ3n) is 2.57. The lowest BCUT2D eigenvalue weighted by Crippen LogP contribution is -1.99. The van der Waals surface area contributed by atoms with Crippen molar-refractivity contribution < 1.29 is 14.3 Å². The van der Waals surface area contributed by atoms with Crippen molar-refractivity contribution in [1.29, 1.82) is 0 Å². The van der Waals surface area contributed by atoms with Crippen molar-refractivity contribution in [2.45, 2.75) is 6.10 Å². The molecule has 0 bridgehead atoms. The SMILES string of the molecule is O=Cc1ccc(C(O)c2ccc(F)cc2)cc1. The van der Waals surface area contributed by atoms with Gasteiger partial charge >= 0.3 is 0 Å². The molecule has 2 aromatic carbocycles. The fraction of sp³-hybridized carbons (Fsp3) is 0.0714. The van der Waals surface area contributed by atoms with Crippen LogP contribution in [0.25, 0.3) is 0 Å². The minimum absolute atomic E-state index is 0.336. The van der Waals surface area contributed by atoms with Crippen LogP contribution in [-0.4, -0.2) is 11.4 Å². The van der Waals surface area contributed by atoms with Crippen LogP contribution in [0.3, 0.4) is 0 Å². The fourth-order valence-electron chi connectivity index (χ4n) is 1.59. The summed E-state index contributed by atoms with van der Waals surface area (Å²) >= 11 is 0. The number of hydrogen-bond donors (Lipinski definition) is 1. The van der Waals surface area contributed by atoms with Crippen LogP contribution in [-0.2, 0) is 0 Å². The lowest BCUT2D eigenvalue weighted by atomic mass is 10.0. The Morgan fingerprint density at radius 1 is 0.941 bits per heavy atom. The van der Waals surface area contributed by atoms with E-state index in [0.29, 0.717) is 16.7 Å². The van der Waals surface area contributed by atoms with E-state index in [4.69, 9.17) is 0 Å². The summed E-state index contributed by atoms with van der Waals surface area (Å²) < 4.78 is 12.7. The van der Waals surface area contributed by atoms with Crippen molar-refractivity contribution in [2.75, 3.05) is 0 Å². The first-order chi connectivity index (χ1) is 8.20. The first-order valence-corrected chi connectivity index (χ1v) is 5.19. The molecule has 0 aliphatic rings. The highest BCUT2D eigenvalue weighted by Crippen LogP contribution is 2.22. The van der Waals surface area contributed by atoms with Gasteiger partial charge in [0.15, 0.2) is 0 Å². The Morgan fingerprint density at radius 3 is 1.88 bits per heavy atom. The molecule has 0 saturated carbocycles. The Bertz CT molecular complexity index is 503. The molecule has 2 aromatic rings. The number of halogens is 1. The van der Waals surface area contributed by atoms with Gasteiger partial charge in [0.1, 0.15) is 18.2 Å². The van der Waals surface area contributed by atoms with Crippen LogP contribution in [0.5, 0.6) is 0 Å². The number of benzene rings is 2. The summed E-state index contributed by atoms with van der Waals surface area (Å²) in [5.41, 5.74) is 1.84. The second kappa shape index (κ2) is 4.89. The number of aliphatic hydroxyl groups excluding tert-OH is 1. The number of carbonyl (C=O) groups excluding carboxylic acids is 1. The molecule has 0 aliphatic carbocycles. The van der Waals surface area contributed by atoms with E-state index in [1.165, 1.54) is 24.3 Å². The summed E-state index contributed by atoms with van der Waals surface area (Å²) in [6.45, 7) is 0. The second-order valence-electron chi connectivity index (χ2n) is 3.74. The van der Waals surface area contributed by atoms with Crippen molar-refractivity contribution in [3.63, 3.8) is 0 Å². The zero-order valence-corrected chi connectivity index (χ0v) is 9.01. The van der Waals surface area contributed by atoms with Crippen LogP contribution in [0.15, 0.2) is 48.5 Å². The third kappa shape index (κ3) is 2.57. The second-order valence-corrected chi connectivity index (χ2v) is 3.74. The van der Waals surface area contributed by atoms with Gasteiger partial charge < -0.3 is 5.11 Å². The Balaban J connectivity index is 2.26. The number of carbonyl (C=O) groups is 1. The smallest absolute Gasteiger partial charge is 0.150 e. The van der Waals surface area contributed by atoms with Gasteiger partial charge in [-0.15, -0.1) is 0 Å². The van der Waals surface area contributed by atoms with Crippen LogP contribution in [0, 0.1) is 5.82 Å². The quantitative estimate of drug-likeness (QED) is 0.823. The highest BCUT2D eigenvalue weighted by Gasteiger charge is 2.09. The summed E-state index contributed by atoms with van der Waals surface area (Å²) in [5, 5.41) is 10.0. The maximum Gasteiger partial charge on any atom is 0.150 e. The van der Waals surface area contributed by atoms with Crippen molar-refractivity contribution in [3.8, 4) is 0 Å². The van der Waals surface area contributed by atoms with E-state index >= 15 is 0 Å². The van der Waals surface area contributed by atoms with E-state index in [1.54, 1.807) is 24.3 Å². The van der Waals surface area contributed by atoms with Crippen molar-refractivity contribution in [2.24, 2.45) is 0 Å². The molecule has 2 rings (SSSR count). The molecule has 0 saturated heterocycles. The van der Waals surface area contributed by atoms with Crippen LogP contribution in [0.2, 0.25) is 0 Å². The Labute approximate surface area is 98.3 Å². The molecule has 0 aliphatic heterocycles. The molecule has 1 unspecified atom stereocenters. The predicted molar refractivity (Wildman–Crippen MR) is 62.3 cm³/mol. The molecular weight excluding hydrogens is 219 g/mol. The van der Waals surface area contributed by atoms with E-state index in [9.17, 15) is 14.3 Å². The van der Waals surface area contributed by atoms with Crippen molar-refractivity contribution in [1.82, 2.24) is 0 Å². The monoisotopic (exact) mass is 230 g/mol. The van der Waals surface area contributed by atoms with Crippen LogP contribution in [0.4, 0.5) is 4.39 Å². The minimum atomic E-state index is -0.809. The zero-order chi connectivity index (χ0) is 12.3. The van der Waals surface area contributed by atoms with E-state index in [-0.39, 0.29) is 5.82 Å². The first kappa shape index (κ1) is 11.5. The summed E-state index contributed by atoms with van der Waals surface area (Å²) in [7, 11) is 0. The van der Waals surface area contributed by atoms with Gasteiger partial charge in [-0.2, -0.15) is 0 Å². The molecule has 0 spiro atoms. The average molecular weight is 230 g/mol. The topological polar surface area (TPSA) is 37.3 Å². The van der Waals surface area contributed by atoms with E-state index in [2.05, 4.69) is 0 Å². The van der Waals surface area contributed by atoms with Gasteiger partial charge in [0.25, 0.3) is 0 Å². The summed E-state index contributed by atoms with van der Waals surface area (Å²) in [5.74, 6) is -0.336. The molecule has 17 heavy (non-hydrogen) atoms. The maximum atomic E-state index is 12.7. The largest absolute Gasteiger partial charge is 0.384 e. The van der Waals surface area contributed by atoms with Gasteiger partial charge in [-0.25, -0.2) is 4.39 Å². The van der Waals surface area contributed by atoms with Gasteiger partial charge in [0.2, 0.25) is 0 Å². The van der Waals surface area contributed by atoms with Crippen LogP contribution < -0.4 is 0 Å². The number of aldehydes is 1. The van der Waals surface area contributed by atoms with Gasteiger partial charge in [-0.05, 0) is 23.3 Å². The van der Waals surface area contributed by atoms with Gasteiger partial charge in [0, 0.05) is 5.56 Å². The van der Waals surface area contributed by atoms with Crippen LogP contribution in [0.1, 0.15) is 27.6 Å². The normalized spacial score (nSPS) is 12.1. The van der Waals surface area contributed by atoms with Gasteiger partial charge in [-0.1, -0.05) is 36.4 Å². The zero-order valence-electron chi connectivity index (χ0n) is 9.01. The molecule has 0 fully saturated rings. The lowest BCUT2D eigenvalue weighted by molar-refractivity contribution is 0.112. The molecule has 0 amide bonds. The molecule has 1 atom stereocenters. The molecule has 3 heteroatoms. The minimum Gasteiger partial charge on any atom is -0.384 e. The fourth-order valence-corrected chi connectivity index (χ4v) is 1.59. The highest BCUT2D eigenvalue weighted by molar-refractivity contribution is 5.74. The summed E-state index contributed by atoms with van der Waals surface area (Å²) in [6, 6.07) is 12.3. The summed E-state index contributed by atoms with van der Waals surface area (Å²) in [4.78, 5) is 10.5. The van der Waals surface area contributed by atoms with Gasteiger partial charge in [-0.3, -0.25) is 4.79 Å². The molecule has 0 heterocycles. The van der Waals surface area contributed by atoms with Crippen molar-refractivity contribution in [3.05, 3.63) is 71.0 Å². The van der Waals surface area contributed by atoms with Crippen LogP contribution >= 0.6 is 0 Å². The number of rotatable bonds is 3. The van der Waals surface area contributed by atoms with Crippen molar-refractivity contribution >= 4 is 6.29 Å². The third-order valence-corrected chi connectivity index (χ3v) is 2.57. The van der Waals surface area contributed by atoms with E-state index in [1.807, 2.05) is 0 Å². The molecular formula is C14H11FO2. The molecule has 1 N–H and O–H groups in total. The summed E-state index contributed by atoms with van der Waals surface area (Å²) in [6.07, 6.45) is -0.0649. The molecule has 86 valence electrons. The number of aliphatic hydroxyl groups is 1. The van der Waals surface area contributed by atoms with E-state index in [0.717, 1.165) is 6.29 Å². The molecule has 0 radical (unpaired) electrons. The standard InChI is InChI=1S/C14H11FO2/c15-13-7-5-12(6-8-13)14(17)11-3-1-10(9-16)2-4-11/h1-9,14,17H.